The van der Waals surface area contributed by atoms with E-state index in [0.717, 1.165) is 30.9 Å². The predicted molar refractivity (Wildman–Crippen MR) is 63.3 cm³/mol. The van der Waals surface area contributed by atoms with Crippen molar-refractivity contribution in [3.8, 4) is 0 Å². The summed E-state index contributed by atoms with van der Waals surface area (Å²) in [6, 6.07) is 5.54. The third-order valence-corrected chi connectivity index (χ3v) is 3.21. The van der Waals surface area contributed by atoms with E-state index in [9.17, 15) is 13.2 Å². The minimum atomic E-state index is -4.27. The lowest BCUT2D eigenvalue weighted by Crippen LogP contribution is -2.23. The maximum Gasteiger partial charge on any atom is 0.416 e. The highest BCUT2D eigenvalue weighted by Crippen LogP contribution is 2.36. The number of alkyl halides is 3. The Morgan fingerprint density at radius 3 is 2.41 bits per heavy atom. The minimum absolute atomic E-state index is 0. The summed E-state index contributed by atoms with van der Waals surface area (Å²) in [4.78, 5) is 0. The van der Waals surface area contributed by atoms with Crippen molar-refractivity contribution >= 4 is 12.4 Å². The number of halogens is 4. The van der Waals surface area contributed by atoms with Gasteiger partial charge in [0.05, 0.1) is 5.56 Å². The highest BCUT2D eigenvalue weighted by atomic mass is 35.5. The van der Waals surface area contributed by atoms with Crippen molar-refractivity contribution in [1.82, 2.24) is 0 Å². The van der Waals surface area contributed by atoms with Crippen LogP contribution < -0.4 is 5.73 Å². The van der Waals surface area contributed by atoms with E-state index in [4.69, 9.17) is 5.73 Å². The second kappa shape index (κ2) is 5.27. The van der Waals surface area contributed by atoms with Gasteiger partial charge in [-0.05, 0) is 30.4 Å². The monoisotopic (exact) mass is 265 g/mol. The van der Waals surface area contributed by atoms with Gasteiger partial charge in [-0.25, -0.2) is 0 Å². The molecule has 0 aromatic heterocycles. The van der Waals surface area contributed by atoms with Gasteiger partial charge in [0.25, 0.3) is 0 Å². The van der Waals surface area contributed by atoms with Crippen LogP contribution in [0, 0.1) is 0 Å². The van der Waals surface area contributed by atoms with Crippen LogP contribution in [0.3, 0.4) is 0 Å². The van der Waals surface area contributed by atoms with Crippen LogP contribution >= 0.6 is 12.4 Å². The van der Waals surface area contributed by atoms with Crippen molar-refractivity contribution in [2.24, 2.45) is 5.73 Å². The second-order valence-electron chi connectivity index (χ2n) is 4.32. The van der Waals surface area contributed by atoms with Crippen molar-refractivity contribution in [2.45, 2.75) is 37.4 Å². The first kappa shape index (κ1) is 14.3. The highest BCUT2D eigenvalue weighted by Gasteiger charge is 2.32. The molecule has 1 fully saturated rings. The third-order valence-electron chi connectivity index (χ3n) is 3.21. The molecule has 96 valence electrons. The molecule has 0 amide bonds. The molecule has 2 unspecified atom stereocenters. The number of hydrogen-bond donors (Lipinski definition) is 1. The lowest BCUT2D eigenvalue weighted by Gasteiger charge is -2.17. The molecule has 1 aliphatic rings. The molecule has 1 aliphatic carbocycles. The lowest BCUT2D eigenvalue weighted by molar-refractivity contribution is -0.137. The Kier molecular flexibility index (Phi) is 4.44. The summed E-state index contributed by atoms with van der Waals surface area (Å²) in [7, 11) is 0. The highest BCUT2D eigenvalue weighted by molar-refractivity contribution is 5.85. The molecule has 1 aromatic rings. The molecule has 1 nitrogen and oxygen atoms in total. The fourth-order valence-electron chi connectivity index (χ4n) is 2.35. The van der Waals surface area contributed by atoms with E-state index in [1.165, 1.54) is 12.1 Å². The first-order chi connectivity index (χ1) is 7.48. The molecule has 2 atom stereocenters. The molecular weight excluding hydrogens is 251 g/mol. The predicted octanol–water partition coefficient (Wildman–Crippen LogP) is 3.72. The number of rotatable bonds is 1. The Hall–Kier alpha value is -0.740. The molecule has 17 heavy (non-hydrogen) atoms. The van der Waals surface area contributed by atoms with E-state index in [2.05, 4.69) is 0 Å². The molecule has 0 radical (unpaired) electrons. The van der Waals surface area contributed by atoms with Crippen LogP contribution in [0.4, 0.5) is 13.2 Å². The molecule has 2 rings (SSSR count). The van der Waals surface area contributed by atoms with Gasteiger partial charge in [-0.15, -0.1) is 12.4 Å². The van der Waals surface area contributed by atoms with Crippen LogP contribution in [-0.4, -0.2) is 6.04 Å². The van der Waals surface area contributed by atoms with Crippen LogP contribution in [-0.2, 0) is 6.18 Å². The SMILES string of the molecule is Cl.NC1CCCC1c1cccc(C(F)(F)F)c1. The van der Waals surface area contributed by atoms with Crippen LogP contribution in [0.25, 0.3) is 0 Å². The van der Waals surface area contributed by atoms with Gasteiger partial charge in [0, 0.05) is 6.04 Å². The van der Waals surface area contributed by atoms with E-state index in [0.29, 0.717) is 0 Å². The molecule has 0 aliphatic heterocycles. The smallest absolute Gasteiger partial charge is 0.327 e. The molecule has 0 bridgehead atoms. The van der Waals surface area contributed by atoms with Gasteiger partial charge >= 0.3 is 6.18 Å². The molecule has 5 heteroatoms. The quantitative estimate of drug-likeness (QED) is 0.823. The topological polar surface area (TPSA) is 26.0 Å². The third kappa shape index (κ3) is 3.13. The Morgan fingerprint density at radius 1 is 1.18 bits per heavy atom. The van der Waals surface area contributed by atoms with E-state index in [1.807, 2.05) is 0 Å². The van der Waals surface area contributed by atoms with Gasteiger partial charge in [0.1, 0.15) is 0 Å². The molecule has 0 heterocycles. The van der Waals surface area contributed by atoms with Gasteiger partial charge in [0.15, 0.2) is 0 Å². The number of benzene rings is 1. The molecule has 0 saturated heterocycles. The van der Waals surface area contributed by atoms with Crippen molar-refractivity contribution < 1.29 is 13.2 Å². The van der Waals surface area contributed by atoms with Gasteiger partial charge in [-0.1, -0.05) is 24.6 Å². The van der Waals surface area contributed by atoms with Gasteiger partial charge in [-0.3, -0.25) is 0 Å². The Balaban J connectivity index is 0.00000144. The van der Waals surface area contributed by atoms with E-state index < -0.39 is 11.7 Å². The molecule has 0 spiro atoms. The largest absolute Gasteiger partial charge is 0.416 e. The Labute approximate surface area is 105 Å². The van der Waals surface area contributed by atoms with Crippen molar-refractivity contribution in [3.05, 3.63) is 35.4 Å². The van der Waals surface area contributed by atoms with E-state index in [-0.39, 0.29) is 24.4 Å². The normalized spacial score (nSPS) is 24.5. The van der Waals surface area contributed by atoms with E-state index >= 15 is 0 Å². The summed E-state index contributed by atoms with van der Waals surface area (Å²) in [5.41, 5.74) is 6.03. The summed E-state index contributed by atoms with van der Waals surface area (Å²) < 4.78 is 37.6. The second-order valence-corrected chi connectivity index (χ2v) is 4.32. The summed E-state index contributed by atoms with van der Waals surface area (Å²) >= 11 is 0. The maximum atomic E-state index is 12.5. The molecule has 1 aromatic carbocycles. The molecule has 1 saturated carbocycles. The van der Waals surface area contributed by atoms with Crippen LogP contribution in [0.1, 0.15) is 36.3 Å². The summed E-state index contributed by atoms with van der Waals surface area (Å²) in [6.45, 7) is 0. The number of nitrogens with two attached hydrogens (primary N) is 1. The van der Waals surface area contributed by atoms with E-state index in [1.54, 1.807) is 6.07 Å². The first-order valence-electron chi connectivity index (χ1n) is 5.41. The fourth-order valence-corrected chi connectivity index (χ4v) is 2.35. The average molecular weight is 266 g/mol. The standard InChI is InChI=1S/C12H14F3N.ClH/c13-12(14,15)9-4-1-3-8(7-9)10-5-2-6-11(10)16;/h1,3-4,7,10-11H,2,5-6,16H2;1H. The lowest BCUT2D eigenvalue weighted by atomic mass is 9.93. The maximum absolute atomic E-state index is 12.5. The van der Waals surface area contributed by atoms with Gasteiger partial charge in [0.2, 0.25) is 0 Å². The van der Waals surface area contributed by atoms with Gasteiger partial charge in [-0.2, -0.15) is 13.2 Å². The van der Waals surface area contributed by atoms with Crippen molar-refractivity contribution in [2.75, 3.05) is 0 Å². The van der Waals surface area contributed by atoms with Crippen LogP contribution in [0.15, 0.2) is 24.3 Å². The summed E-state index contributed by atoms with van der Waals surface area (Å²) in [5.74, 6) is 0.0855. The fraction of sp³-hybridized carbons (Fsp3) is 0.500. The minimum Gasteiger partial charge on any atom is -0.327 e. The zero-order valence-corrected chi connectivity index (χ0v) is 10.0. The van der Waals surface area contributed by atoms with Crippen molar-refractivity contribution in [3.63, 3.8) is 0 Å². The number of hydrogen-bond acceptors (Lipinski definition) is 1. The zero-order valence-electron chi connectivity index (χ0n) is 9.20. The first-order valence-corrected chi connectivity index (χ1v) is 5.41. The van der Waals surface area contributed by atoms with Crippen molar-refractivity contribution in [1.29, 1.82) is 0 Å². The average Bonchev–Trinajstić information content (AvgIpc) is 2.63. The Bertz CT molecular complexity index is 378. The van der Waals surface area contributed by atoms with Crippen LogP contribution in [0.5, 0.6) is 0 Å². The Morgan fingerprint density at radius 2 is 1.88 bits per heavy atom. The molecule has 2 N–H and O–H groups in total. The zero-order chi connectivity index (χ0) is 11.8. The molecular formula is C12H15ClF3N. The summed E-state index contributed by atoms with van der Waals surface area (Å²) in [5, 5.41) is 0. The summed E-state index contributed by atoms with van der Waals surface area (Å²) in [6.07, 6.45) is -1.47. The van der Waals surface area contributed by atoms with Crippen LogP contribution in [0.2, 0.25) is 0 Å². The van der Waals surface area contributed by atoms with Gasteiger partial charge < -0.3 is 5.73 Å².